The first-order valence-corrected chi connectivity index (χ1v) is 7.18. The predicted molar refractivity (Wildman–Crippen MR) is 82.7 cm³/mol. The average Bonchev–Trinajstić information content (AvgIpc) is 2.53. The minimum atomic E-state index is -0.505. The van der Waals surface area contributed by atoms with E-state index in [1.807, 2.05) is 30.3 Å². The van der Waals surface area contributed by atoms with E-state index in [1.54, 1.807) is 24.3 Å². The summed E-state index contributed by atoms with van der Waals surface area (Å²) in [6.45, 7) is 0.110. The Morgan fingerprint density at radius 3 is 2.33 bits per heavy atom. The highest BCUT2D eigenvalue weighted by atomic mass is 79.9. The third-order valence-electron chi connectivity index (χ3n) is 2.75. The fourth-order valence-electron chi connectivity index (χ4n) is 1.64. The summed E-state index contributed by atoms with van der Waals surface area (Å²) in [6, 6.07) is 16.2. The zero-order valence-electron chi connectivity index (χ0n) is 11.2. The highest BCUT2D eigenvalue weighted by Crippen LogP contribution is 2.10. The molecule has 0 bridgehead atoms. The fourth-order valence-corrected chi connectivity index (χ4v) is 1.91. The van der Waals surface area contributed by atoms with E-state index >= 15 is 0 Å². The van der Waals surface area contributed by atoms with Crippen molar-refractivity contribution >= 4 is 27.8 Å². The standard InChI is InChI=1S/C16H14BrNO3/c17-14-8-6-12(7-9-14)10-18-15(19)11-21-16(20)13-4-2-1-3-5-13/h1-9H,10-11H2,(H,18,19). The van der Waals surface area contributed by atoms with Crippen LogP contribution >= 0.6 is 15.9 Å². The SMILES string of the molecule is O=C(COC(=O)c1ccccc1)NCc1ccc(Br)cc1. The number of nitrogens with one attached hydrogen (secondary N) is 1. The van der Waals surface area contributed by atoms with Gasteiger partial charge in [0.05, 0.1) is 5.56 Å². The van der Waals surface area contributed by atoms with Gasteiger partial charge in [0.2, 0.25) is 0 Å². The van der Waals surface area contributed by atoms with Crippen molar-refractivity contribution < 1.29 is 14.3 Å². The molecule has 2 aromatic rings. The number of esters is 1. The van der Waals surface area contributed by atoms with E-state index in [0.29, 0.717) is 12.1 Å². The molecule has 0 unspecified atom stereocenters. The molecule has 0 spiro atoms. The van der Waals surface area contributed by atoms with Crippen LogP contribution in [0, 0.1) is 0 Å². The molecule has 0 fully saturated rings. The normalized spacial score (nSPS) is 9.95. The van der Waals surface area contributed by atoms with Gasteiger partial charge in [-0.1, -0.05) is 46.3 Å². The van der Waals surface area contributed by atoms with Crippen LogP contribution in [0.5, 0.6) is 0 Å². The molecule has 2 rings (SSSR count). The van der Waals surface area contributed by atoms with Crippen LogP contribution in [0.2, 0.25) is 0 Å². The Hall–Kier alpha value is -2.14. The van der Waals surface area contributed by atoms with E-state index in [1.165, 1.54) is 0 Å². The summed E-state index contributed by atoms with van der Waals surface area (Å²) in [4.78, 5) is 23.3. The monoisotopic (exact) mass is 347 g/mol. The van der Waals surface area contributed by atoms with Crippen LogP contribution in [0.3, 0.4) is 0 Å². The van der Waals surface area contributed by atoms with Crippen LogP contribution in [0.25, 0.3) is 0 Å². The molecule has 2 aromatic carbocycles. The minimum Gasteiger partial charge on any atom is -0.452 e. The molecule has 0 aliphatic heterocycles. The Morgan fingerprint density at radius 2 is 1.67 bits per heavy atom. The van der Waals surface area contributed by atoms with E-state index in [9.17, 15) is 9.59 Å². The van der Waals surface area contributed by atoms with Crippen LogP contribution in [-0.4, -0.2) is 18.5 Å². The molecule has 108 valence electrons. The number of amides is 1. The van der Waals surface area contributed by atoms with Crippen molar-refractivity contribution in [2.75, 3.05) is 6.61 Å². The number of halogens is 1. The van der Waals surface area contributed by atoms with E-state index in [2.05, 4.69) is 21.2 Å². The summed E-state index contributed by atoms with van der Waals surface area (Å²) in [5.41, 5.74) is 1.40. The van der Waals surface area contributed by atoms with Crippen molar-refractivity contribution in [1.82, 2.24) is 5.32 Å². The maximum absolute atomic E-state index is 11.7. The number of carbonyl (C=O) groups is 2. The van der Waals surface area contributed by atoms with Gasteiger partial charge in [0.1, 0.15) is 0 Å². The molecule has 1 N–H and O–H groups in total. The van der Waals surface area contributed by atoms with Gasteiger partial charge in [-0.3, -0.25) is 4.79 Å². The molecular weight excluding hydrogens is 334 g/mol. The Bertz CT molecular complexity index is 611. The highest BCUT2D eigenvalue weighted by Gasteiger charge is 2.09. The lowest BCUT2D eigenvalue weighted by atomic mass is 10.2. The van der Waals surface area contributed by atoms with Gasteiger partial charge < -0.3 is 10.1 Å². The van der Waals surface area contributed by atoms with Gasteiger partial charge in [-0.05, 0) is 29.8 Å². The van der Waals surface area contributed by atoms with E-state index < -0.39 is 5.97 Å². The summed E-state index contributed by atoms with van der Waals surface area (Å²) >= 11 is 3.34. The van der Waals surface area contributed by atoms with Crippen molar-refractivity contribution in [2.24, 2.45) is 0 Å². The van der Waals surface area contributed by atoms with Gasteiger partial charge in [0.25, 0.3) is 5.91 Å². The zero-order chi connectivity index (χ0) is 15.1. The van der Waals surface area contributed by atoms with Gasteiger partial charge in [0.15, 0.2) is 6.61 Å². The second-order valence-electron chi connectivity index (χ2n) is 4.35. The Morgan fingerprint density at radius 1 is 1.00 bits per heavy atom. The first-order chi connectivity index (χ1) is 10.1. The first kappa shape index (κ1) is 15.3. The van der Waals surface area contributed by atoms with E-state index in [-0.39, 0.29) is 12.5 Å². The Balaban J connectivity index is 1.75. The fraction of sp³-hybridized carbons (Fsp3) is 0.125. The molecular formula is C16H14BrNO3. The topological polar surface area (TPSA) is 55.4 Å². The Kier molecular flexibility index (Phi) is 5.51. The molecule has 0 saturated heterocycles. The van der Waals surface area contributed by atoms with Crippen molar-refractivity contribution in [1.29, 1.82) is 0 Å². The second-order valence-corrected chi connectivity index (χ2v) is 5.26. The smallest absolute Gasteiger partial charge is 0.338 e. The second kappa shape index (κ2) is 7.59. The van der Waals surface area contributed by atoms with Crippen LogP contribution in [0.15, 0.2) is 59.1 Å². The first-order valence-electron chi connectivity index (χ1n) is 6.38. The number of carbonyl (C=O) groups excluding carboxylic acids is 2. The van der Waals surface area contributed by atoms with Gasteiger partial charge in [-0.15, -0.1) is 0 Å². The predicted octanol–water partition coefficient (Wildman–Crippen LogP) is 2.92. The lowest BCUT2D eigenvalue weighted by Crippen LogP contribution is -2.28. The average molecular weight is 348 g/mol. The molecule has 0 saturated carbocycles. The largest absolute Gasteiger partial charge is 0.452 e. The van der Waals surface area contributed by atoms with Crippen LogP contribution < -0.4 is 5.32 Å². The van der Waals surface area contributed by atoms with Crippen LogP contribution in [0.1, 0.15) is 15.9 Å². The van der Waals surface area contributed by atoms with Gasteiger partial charge in [-0.2, -0.15) is 0 Å². The molecule has 5 heteroatoms. The molecule has 4 nitrogen and oxygen atoms in total. The lowest BCUT2D eigenvalue weighted by Gasteiger charge is -2.07. The summed E-state index contributed by atoms with van der Waals surface area (Å²) < 4.78 is 5.92. The quantitative estimate of drug-likeness (QED) is 0.846. The number of hydrogen-bond donors (Lipinski definition) is 1. The van der Waals surface area contributed by atoms with Crippen LogP contribution in [-0.2, 0) is 16.1 Å². The summed E-state index contributed by atoms with van der Waals surface area (Å²) in [5.74, 6) is -0.836. The number of hydrogen-bond acceptors (Lipinski definition) is 3. The van der Waals surface area contributed by atoms with Crippen molar-refractivity contribution in [3.05, 3.63) is 70.2 Å². The van der Waals surface area contributed by atoms with Gasteiger partial charge >= 0.3 is 5.97 Å². The van der Waals surface area contributed by atoms with Crippen molar-refractivity contribution in [3.63, 3.8) is 0 Å². The van der Waals surface area contributed by atoms with Crippen LogP contribution in [0.4, 0.5) is 0 Å². The van der Waals surface area contributed by atoms with Crippen molar-refractivity contribution in [2.45, 2.75) is 6.54 Å². The zero-order valence-corrected chi connectivity index (χ0v) is 12.8. The van der Waals surface area contributed by atoms with Crippen molar-refractivity contribution in [3.8, 4) is 0 Å². The molecule has 1 amide bonds. The summed E-state index contributed by atoms with van der Waals surface area (Å²) in [5, 5.41) is 2.69. The maximum atomic E-state index is 11.7. The molecule has 0 aromatic heterocycles. The van der Waals surface area contributed by atoms with Gasteiger partial charge in [0, 0.05) is 11.0 Å². The summed E-state index contributed by atoms with van der Waals surface area (Å²) in [6.07, 6.45) is 0. The maximum Gasteiger partial charge on any atom is 0.338 e. The number of ether oxygens (including phenoxy) is 1. The van der Waals surface area contributed by atoms with Gasteiger partial charge in [-0.25, -0.2) is 4.79 Å². The molecule has 0 radical (unpaired) electrons. The number of rotatable bonds is 5. The molecule has 21 heavy (non-hydrogen) atoms. The molecule has 0 aliphatic carbocycles. The minimum absolute atomic E-state index is 0.287. The van der Waals surface area contributed by atoms with E-state index in [4.69, 9.17) is 4.74 Å². The number of benzene rings is 2. The lowest BCUT2D eigenvalue weighted by molar-refractivity contribution is -0.124. The summed E-state index contributed by atoms with van der Waals surface area (Å²) in [7, 11) is 0. The molecule has 0 aliphatic rings. The third kappa shape index (κ3) is 5.04. The molecule has 0 atom stereocenters. The molecule has 0 heterocycles. The highest BCUT2D eigenvalue weighted by molar-refractivity contribution is 9.10. The van der Waals surface area contributed by atoms with E-state index in [0.717, 1.165) is 10.0 Å². The third-order valence-corrected chi connectivity index (χ3v) is 3.28. The Labute approximate surface area is 131 Å².